The van der Waals surface area contributed by atoms with Gasteiger partial charge in [-0.05, 0) is 38.1 Å². The molecule has 1 aliphatic heterocycles. The van der Waals surface area contributed by atoms with Crippen LogP contribution in [0.25, 0.3) is 0 Å². The molecule has 5 nitrogen and oxygen atoms in total. The van der Waals surface area contributed by atoms with Crippen molar-refractivity contribution >= 4 is 17.3 Å². The summed E-state index contributed by atoms with van der Waals surface area (Å²) in [6.45, 7) is 8.17. The monoisotopic (exact) mass is 276 g/mol. The third kappa shape index (κ3) is 4.13. The quantitative estimate of drug-likeness (QED) is 0.803. The molecule has 0 unspecified atom stereocenters. The van der Waals surface area contributed by atoms with E-state index >= 15 is 0 Å². The smallest absolute Gasteiger partial charge is 0.234 e. The second kappa shape index (κ2) is 6.61. The molecule has 1 aromatic carbocycles. The van der Waals surface area contributed by atoms with Gasteiger partial charge < -0.3 is 16.0 Å². The molecule has 0 spiro atoms. The minimum absolute atomic E-state index is 0.112. The highest BCUT2D eigenvalue weighted by Crippen LogP contribution is 2.17. The van der Waals surface area contributed by atoms with Crippen LogP contribution < -0.4 is 16.0 Å². The van der Waals surface area contributed by atoms with E-state index in [9.17, 15) is 4.79 Å². The second-order valence-electron chi connectivity index (χ2n) is 5.58. The lowest BCUT2D eigenvalue weighted by Crippen LogP contribution is -2.50. The van der Waals surface area contributed by atoms with Gasteiger partial charge in [0.25, 0.3) is 0 Å². The maximum atomic E-state index is 11.7. The van der Waals surface area contributed by atoms with Gasteiger partial charge in [0, 0.05) is 43.6 Å². The standard InChI is InChI=1S/C15H24N4O/c1-12(2)17-15(20)11-18-7-9-19(10-8-18)14-5-3-13(16)4-6-14/h3-6,12H,7-11,16H2,1-2H3,(H,17,20). The summed E-state index contributed by atoms with van der Waals surface area (Å²) in [5.41, 5.74) is 7.69. The molecular formula is C15H24N4O. The molecule has 110 valence electrons. The van der Waals surface area contributed by atoms with Crippen LogP contribution in [-0.2, 0) is 4.79 Å². The normalized spacial score (nSPS) is 16.4. The topological polar surface area (TPSA) is 61.6 Å². The molecule has 1 amide bonds. The number of rotatable bonds is 4. The van der Waals surface area contributed by atoms with Crippen molar-refractivity contribution in [2.24, 2.45) is 0 Å². The first-order valence-corrected chi connectivity index (χ1v) is 7.17. The number of benzene rings is 1. The van der Waals surface area contributed by atoms with Crippen molar-refractivity contribution in [3.63, 3.8) is 0 Å². The zero-order chi connectivity index (χ0) is 14.5. The van der Waals surface area contributed by atoms with Crippen LogP contribution in [0.1, 0.15) is 13.8 Å². The third-order valence-corrected chi connectivity index (χ3v) is 3.45. The molecule has 3 N–H and O–H groups in total. The molecule has 0 atom stereocenters. The Morgan fingerprint density at radius 1 is 1.20 bits per heavy atom. The number of piperazine rings is 1. The van der Waals surface area contributed by atoms with Crippen molar-refractivity contribution in [1.82, 2.24) is 10.2 Å². The number of nitrogens with one attached hydrogen (secondary N) is 1. The first-order chi connectivity index (χ1) is 9.54. The van der Waals surface area contributed by atoms with Crippen LogP contribution in [0.3, 0.4) is 0 Å². The number of nitrogens with two attached hydrogens (primary N) is 1. The van der Waals surface area contributed by atoms with Crippen molar-refractivity contribution < 1.29 is 4.79 Å². The van der Waals surface area contributed by atoms with Gasteiger partial charge >= 0.3 is 0 Å². The number of anilines is 2. The van der Waals surface area contributed by atoms with Gasteiger partial charge in [-0.1, -0.05) is 0 Å². The van der Waals surface area contributed by atoms with Crippen molar-refractivity contribution in [3.8, 4) is 0 Å². The van der Waals surface area contributed by atoms with Crippen LogP contribution in [0.4, 0.5) is 11.4 Å². The van der Waals surface area contributed by atoms with E-state index in [0.29, 0.717) is 6.54 Å². The largest absolute Gasteiger partial charge is 0.399 e. The average Bonchev–Trinajstić information content (AvgIpc) is 2.39. The average molecular weight is 276 g/mol. The molecule has 0 bridgehead atoms. The Balaban J connectivity index is 1.80. The number of nitrogen functional groups attached to an aromatic ring is 1. The molecular weight excluding hydrogens is 252 g/mol. The second-order valence-corrected chi connectivity index (χ2v) is 5.58. The zero-order valence-electron chi connectivity index (χ0n) is 12.3. The number of carbonyl (C=O) groups is 1. The number of carbonyl (C=O) groups excluding carboxylic acids is 1. The number of hydrogen-bond donors (Lipinski definition) is 2. The van der Waals surface area contributed by atoms with Gasteiger partial charge in [0.05, 0.1) is 6.54 Å². The molecule has 0 aromatic heterocycles. The van der Waals surface area contributed by atoms with Crippen LogP contribution in [0, 0.1) is 0 Å². The molecule has 0 radical (unpaired) electrons. The Hall–Kier alpha value is -1.75. The van der Waals surface area contributed by atoms with Gasteiger partial charge in [0.1, 0.15) is 0 Å². The molecule has 20 heavy (non-hydrogen) atoms. The fourth-order valence-electron chi connectivity index (χ4n) is 2.42. The summed E-state index contributed by atoms with van der Waals surface area (Å²) in [4.78, 5) is 16.3. The minimum atomic E-state index is 0.112. The third-order valence-electron chi connectivity index (χ3n) is 3.45. The predicted molar refractivity (Wildman–Crippen MR) is 82.8 cm³/mol. The van der Waals surface area contributed by atoms with E-state index < -0.39 is 0 Å². The summed E-state index contributed by atoms with van der Waals surface area (Å²) in [6.07, 6.45) is 0. The first-order valence-electron chi connectivity index (χ1n) is 7.17. The van der Waals surface area contributed by atoms with Crippen LogP contribution >= 0.6 is 0 Å². The highest BCUT2D eigenvalue weighted by atomic mass is 16.2. The molecule has 1 aliphatic rings. The van der Waals surface area contributed by atoms with Gasteiger partial charge in [-0.25, -0.2) is 0 Å². The fraction of sp³-hybridized carbons (Fsp3) is 0.533. The van der Waals surface area contributed by atoms with E-state index in [2.05, 4.69) is 27.2 Å². The van der Waals surface area contributed by atoms with Crippen molar-refractivity contribution in [1.29, 1.82) is 0 Å². The van der Waals surface area contributed by atoms with E-state index in [1.165, 1.54) is 5.69 Å². The molecule has 1 aromatic rings. The number of nitrogens with zero attached hydrogens (tertiary/aromatic N) is 2. The van der Waals surface area contributed by atoms with Crippen LogP contribution in [0.15, 0.2) is 24.3 Å². The SMILES string of the molecule is CC(C)NC(=O)CN1CCN(c2ccc(N)cc2)CC1. The molecule has 2 rings (SSSR count). The maximum absolute atomic E-state index is 11.7. The van der Waals surface area contributed by atoms with E-state index in [-0.39, 0.29) is 11.9 Å². The van der Waals surface area contributed by atoms with E-state index in [1.54, 1.807) is 0 Å². The fourth-order valence-corrected chi connectivity index (χ4v) is 2.42. The molecule has 1 heterocycles. The van der Waals surface area contributed by atoms with Gasteiger partial charge in [-0.2, -0.15) is 0 Å². The number of hydrogen-bond acceptors (Lipinski definition) is 4. The van der Waals surface area contributed by atoms with Crippen LogP contribution in [0.5, 0.6) is 0 Å². The van der Waals surface area contributed by atoms with E-state index in [1.807, 2.05) is 26.0 Å². The molecule has 0 aliphatic carbocycles. The summed E-state index contributed by atoms with van der Waals surface area (Å²) in [6, 6.07) is 8.17. The summed E-state index contributed by atoms with van der Waals surface area (Å²) in [5, 5.41) is 2.93. The van der Waals surface area contributed by atoms with Crippen LogP contribution in [-0.4, -0.2) is 49.6 Å². The van der Waals surface area contributed by atoms with E-state index in [4.69, 9.17) is 5.73 Å². The highest BCUT2D eigenvalue weighted by Gasteiger charge is 2.19. The van der Waals surface area contributed by atoms with Crippen molar-refractivity contribution in [3.05, 3.63) is 24.3 Å². The lowest BCUT2D eigenvalue weighted by molar-refractivity contribution is -0.122. The Labute approximate surface area is 120 Å². The first kappa shape index (κ1) is 14.7. The molecule has 5 heteroatoms. The summed E-state index contributed by atoms with van der Waals surface area (Å²) >= 11 is 0. The van der Waals surface area contributed by atoms with Crippen molar-refractivity contribution in [2.75, 3.05) is 43.4 Å². The van der Waals surface area contributed by atoms with Gasteiger partial charge in [0.15, 0.2) is 0 Å². The Bertz CT molecular complexity index is 436. The zero-order valence-corrected chi connectivity index (χ0v) is 12.3. The summed E-state index contributed by atoms with van der Waals surface area (Å²) in [5.74, 6) is 0.112. The molecule has 1 saturated heterocycles. The van der Waals surface area contributed by atoms with E-state index in [0.717, 1.165) is 31.9 Å². The highest BCUT2D eigenvalue weighted by molar-refractivity contribution is 5.78. The Morgan fingerprint density at radius 3 is 2.35 bits per heavy atom. The lowest BCUT2D eigenvalue weighted by Gasteiger charge is -2.35. The van der Waals surface area contributed by atoms with Crippen molar-refractivity contribution in [2.45, 2.75) is 19.9 Å². The van der Waals surface area contributed by atoms with Crippen LogP contribution in [0.2, 0.25) is 0 Å². The molecule has 1 fully saturated rings. The van der Waals surface area contributed by atoms with Gasteiger partial charge in [0.2, 0.25) is 5.91 Å². The predicted octanol–water partition coefficient (Wildman–Crippen LogP) is 0.915. The number of amides is 1. The summed E-state index contributed by atoms with van der Waals surface area (Å²) in [7, 11) is 0. The maximum Gasteiger partial charge on any atom is 0.234 e. The minimum Gasteiger partial charge on any atom is -0.399 e. The Morgan fingerprint density at radius 2 is 1.80 bits per heavy atom. The van der Waals surface area contributed by atoms with Gasteiger partial charge in [-0.15, -0.1) is 0 Å². The molecule has 0 saturated carbocycles. The summed E-state index contributed by atoms with van der Waals surface area (Å²) < 4.78 is 0. The Kier molecular flexibility index (Phi) is 4.84. The lowest BCUT2D eigenvalue weighted by atomic mass is 10.2. The van der Waals surface area contributed by atoms with Gasteiger partial charge in [-0.3, -0.25) is 9.69 Å².